The summed E-state index contributed by atoms with van der Waals surface area (Å²) in [5.41, 5.74) is -0.716. The van der Waals surface area contributed by atoms with E-state index in [1.165, 1.54) is 6.20 Å². The Labute approximate surface area is 121 Å². The van der Waals surface area contributed by atoms with E-state index in [0.29, 0.717) is 17.8 Å². The van der Waals surface area contributed by atoms with Crippen LogP contribution in [0.4, 0.5) is 13.2 Å². The predicted molar refractivity (Wildman–Crippen MR) is 69.8 cm³/mol. The van der Waals surface area contributed by atoms with Crippen LogP contribution in [-0.2, 0) is 6.18 Å². The van der Waals surface area contributed by atoms with Crippen LogP contribution in [0, 0.1) is 17.8 Å². The lowest BCUT2D eigenvalue weighted by molar-refractivity contribution is -0.142. The molecule has 5 rings (SSSR count). The monoisotopic (exact) mass is 298 g/mol. The van der Waals surface area contributed by atoms with Crippen molar-refractivity contribution in [2.24, 2.45) is 17.8 Å². The number of aromatic nitrogens is 1. The molecule has 1 saturated carbocycles. The molecule has 114 valence electrons. The van der Waals surface area contributed by atoms with Crippen LogP contribution in [0.25, 0.3) is 0 Å². The third-order valence-corrected chi connectivity index (χ3v) is 5.06. The highest BCUT2D eigenvalue weighted by molar-refractivity contribution is 5.33. The van der Waals surface area contributed by atoms with E-state index in [-0.39, 0.29) is 11.9 Å². The molecular weight excluding hydrogens is 281 g/mol. The summed E-state index contributed by atoms with van der Waals surface area (Å²) < 4.78 is 45.0. The van der Waals surface area contributed by atoms with Gasteiger partial charge in [-0.3, -0.25) is 4.98 Å². The number of piperidine rings is 3. The Kier molecular flexibility index (Phi) is 2.93. The fraction of sp³-hybridized carbons (Fsp3) is 0.667. The Morgan fingerprint density at radius 3 is 2.48 bits per heavy atom. The van der Waals surface area contributed by atoms with Crippen LogP contribution in [0.15, 0.2) is 18.5 Å². The number of nitrogens with zero attached hydrogens (tertiary/aromatic N) is 2. The highest BCUT2D eigenvalue weighted by atomic mass is 19.4. The third kappa shape index (κ3) is 2.29. The van der Waals surface area contributed by atoms with Gasteiger partial charge in [-0.05, 0) is 24.8 Å². The van der Waals surface area contributed by atoms with Crippen LogP contribution < -0.4 is 4.74 Å². The summed E-state index contributed by atoms with van der Waals surface area (Å²) in [7, 11) is 0. The van der Waals surface area contributed by atoms with E-state index in [1.807, 2.05) is 0 Å². The first-order valence-electron chi connectivity index (χ1n) is 7.41. The Bertz CT molecular complexity index is 518. The van der Waals surface area contributed by atoms with Gasteiger partial charge in [-0.1, -0.05) is 0 Å². The van der Waals surface area contributed by atoms with Crippen molar-refractivity contribution in [2.75, 3.05) is 19.6 Å². The van der Waals surface area contributed by atoms with Gasteiger partial charge in [0.15, 0.2) is 0 Å². The van der Waals surface area contributed by atoms with Crippen molar-refractivity contribution < 1.29 is 17.9 Å². The summed E-state index contributed by atoms with van der Waals surface area (Å²) in [6, 6.07) is 0.995. The molecule has 3 saturated heterocycles. The van der Waals surface area contributed by atoms with Gasteiger partial charge in [-0.2, -0.15) is 13.2 Å². The van der Waals surface area contributed by atoms with Gasteiger partial charge in [0, 0.05) is 37.7 Å². The van der Waals surface area contributed by atoms with Gasteiger partial charge in [0.05, 0.1) is 6.20 Å². The summed E-state index contributed by atoms with van der Waals surface area (Å²) in [5.74, 6) is 1.31. The fourth-order valence-corrected chi connectivity index (χ4v) is 4.41. The van der Waals surface area contributed by atoms with E-state index < -0.39 is 11.7 Å². The summed E-state index contributed by atoms with van der Waals surface area (Å²) in [4.78, 5) is 6.24. The minimum absolute atomic E-state index is 0.0944. The molecule has 4 bridgehead atoms. The molecule has 1 aromatic rings. The van der Waals surface area contributed by atoms with Crippen molar-refractivity contribution in [1.29, 1.82) is 0 Å². The molecular formula is C15H17F3N2O. The van der Waals surface area contributed by atoms with Gasteiger partial charge in [-0.25, -0.2) is 0 Å². The zero-order valence-corrected chi connectivity index (χ0v) is 11.5. The molecule has 6 heteroatoms. The molecule has 4 fully saturated rings. The quantitative estimate of drug-likeness (QED) is 0.839. The molecule has 1 aromatic heterocycles. The average molecular weight is 298 g/mol. The normalized spacial score (nSPS) is 37.8. The van der Waals surface area contributed by atoms with Crippen LogP contribution in [0.5, 0.6) is 5.75 Å². The standard InChI is InChI=1S/C15H17F3N2O/c16-15(17,18)12-1-2-19-5-13(12)21-14-10-3-9-4-11(14)8-20(6-9)7-10/h1-2,5,9-11,14H,3-4,6-8H2/t9?,10-,11-,14?/m0/s1. The molecule has 1 aliphatic carbocycles. The van der Waals surface area contributed by atoms with Gasteiger partial charge in [0.2, 0.25) is 0 Å². The van der Waals surface area contributed by atoms with Crippen LogP contribution in [0.1, 0.15) is 18.4 Å². The van der Waals surface area contributed by atoms with Gasteiger partial charge in [0.25, 0.3) is 0 Å². The number of hydrogen-bond donors (Lipinski definition) is 0. The summed E-state index contributed by atoms with van der Waals surface area (Å²) >= 11 is 0. The molecule has 4 heterocycles. The lowest BCUT2D eigenvalue weighted by Gasteiger charge is -2.55. The predicted octanol–water partition coefficient (Wildman–Crippen LogP) is 2.82. The number of pyridine rings is 1. The highest BCUT2D eigenvalue weighted by Gasteiger charge is 2.49. The van der Waals surface area contributed by atoms with Crippen molar-refractivity contribution in [2.45, 2.75) is 25.1 Å². The van der Waals surface area contributed by atoms with Crippen molar-refractivity contribution in [1.82, 2.24) is 9.88 Å². The minimum Gasteiger partial charge on any atom is -0.487 e. The van der Waals surface area contributed by atoms with Crippen LogP contribution in [0.2, 0.25) is 0 Å². The lowest BCUT2D eigenvalue weighted by Crippen LogP contribution is -2.61. The number of halogens is 3. The van der Waals surface area contributed by atoms with Gasteiger partial charge >= 0.3 is 6.18 Å². The first-order chi connectivity index (χ1) is 10.0. The van der Waals surface area contributed by atoms with E-state index in [1.54, 1.807) is 0 Å². The molecule has 3 aliphatic heterocycles. The summed E-state index contributed by atoms with van der Waals surface area (Å²) in [6.45, 7) is 3.07. The number of rotatable bonds is 2. The van der Waals surface area contributed by atoms with Crippen molar-refractivity contribution >= 4 is 0 Å². The van der Waals surface area contributed by atoms with Gasteiger partial charge < -0.3 is 9.64 Å². The SMILES string of the molecule is FC(F)(F)c1ccncc1OC1[C@H]2CC3C[C@H]1CN(C3)C2. The zero-order valence-electron chi connectivity index (χ0n) is 11.5. The Morgan fingerprint density at radius 2 is 1.86 bits per heavy atom. The first-order valence-corrected chi connectivity index (χ1v) is 7.41. The lowest BCUT2D eigenvalue weighted by atomic mass is 9.66. The first kappa shape index (κ1) is 13.4. The molecule has 21 heavy (non-hydrogen) atoms. The van der Waals surface area contributed by atoms with Crippen molar-refractivity contribution in [3.63, 3.8) is 0 Å². The average Bonchev–Trinajstić information content (AvgIpc) is 2.41. The maximum atomic E-state index is 13.0. The van der Waals surface area contributed by atoms with Crippen molar-refractivity contribution in [3.8, 4) is 5.75 Å². The fourth-order valence-electron chi connectivity index (χ4n) is 4.41. The molecule has 0 radical (unpaired) electrons. The van der Waals surface area contributed by atoms with Crippen LogP contribution in [-0.4, -0.2) is 35.6 Å². The Morgan fingerprint density at radius 1 is 1.14 bits per heavy atom. The largest absolute Gasteiger partial charge is 0.487 e. The van der Waals surface area contributed by atoms with E-state index in [9.17, 15) is 13.2 Å². The number of ether oxygens (including phenoxy) is 1. The molecule has 0 aromatic carbocycles. The molecule has 4 aliphatic rings. The second-order valence-electron chi connectivity index (χ2n) is 6.53. The maximum absolute atomic E-state index is 13.0. The van der Waals surface area contributed by atoms with Crippen LogP contribution >= 0.6 is 0 Å². The van der Waals surface area contributed by atoms with E-state index in [4.69, 9.17) is 4.74 Å². The molecule has 0 amide bonds. The Hall–Kier alpha value is -1.30. The van der Waals surface area contributed by atoms with E-state index >= 15 is 0 Å². The minimum atomic E-state index is -4.40. The third-order valence-electron chi connectivity index (χ3n) is 5.06. The smallest absolute Gasteiger partial charge is 0.420 e. The van der Waals surface area contributed by atoms with E-state index in [0.717, 1.165) is 44.7 Å². The van der Waals surface area contributed by atoms with Crippen molar-refractivity contribution in [3.05, 3.63) is 24.0 Å². The van der Waals surface area contributed by atoms with Gasteiger partial charge in [-0.15, -0.1) is 0 Å². The maximum Gasteiger partial charge on any atom is 0.420 e. The number of alkyl halides is 3. The van der Waals surface area contributed by atoms with E-state index in [2.05, 4.69) is 9.88 Å². The molecule has 3 nitrogen and oxygen atoms in total. The number of hydrogen-bond acceptors (Lipinski definition) is 3. The molecule has 0 unspecified atom stereocenters. The van der Waals surface area contributed by atoms with Crippen LogP contribution in [0.3, 0.4) is 0 Å². The molecule has 2 atom stereocenters. The highest BCUT2D eigenvalue weighted by Crippen LogP contribution is 2.46. The summed E-state index contributed by atoms with van der Waals surface area (Å²) in [6.07, 6.45) is 0.0432. The molecule has 0 spiro atoms. The molecule has 0 N–H and O–H groups in total. The summed E-state index contributed by atoms with van der Waals surface area (Å²) in [5, 5.41) is 0. The second kappa shape index (κ2) is 4.60. The zero-order chi connectivity index (χ0) is 14.6. The van der Waals surface area contributed by atoms with Gasteiger partial charge in [0.1, 0.15) is 17.4 Å². The Balaban J connectivity index is 1.60. The second-order valence-corrected chi connectivity index (χ2v) is 6.53. The topological polar surface area (TPSA) is 25.4 Å².